The molecule has 2 rings (SSSR count). The molecule has 1 unspecified atom stereocenters. The molecule has 20 heavy (non-hydrogen) atoms. The van der Waals surface area contributed by atoms with Gasteiger partial charge in [0, 0.05) is 11.9 Å². The van der Waals surface area contributed by atoms with E-state index in [0.717, 1.165) is 5.69 Å². The number of carbonyl (C=O) groups is 1. The van der Waals surface area contributed by atoms with Gasteiger partial charge in [-0.1, -0.05) is 29.3 Å². The number of nitrogens with one attached hydrogen (secondary N) is 2. The largest absolute Gasteiger partial charge is 0.374 e. The number of pyridine rings is 1. The third-order valence-corrected chi connectivity index (χ3v) is 3.03. The molecular formula is C15H16ClN3O. The molecule has 0 aliphatic rings. The summed E-state index contributed by atoms with van der Waals surface area (Å²) in [6.45, 7) is 3.82. The Morgan fingerprint density at radius 3 is 2.50 bits per heavy atom. The molecule has 0 saturated heterocycles. The zero-order valence-corrected chi connectivity index (χ0v) is 12.1. The normalized spacial score (nSPS) is 11.8. The first-order chi connectivity index (χ1) is 9.54. The van der Waals surface area contributed by atoms with Gasteiger partial charge in [0.15, 0.2) is 0 Å². The molecule has 1 aromatic heterocycles. The van der Waals surface area contributed by atoms with Gasteiger partial charge in [-0.2, -0.15) is 0 Å². The smallest absolute Gasteiger partial charge is 0.247 e. The van der Waals surface area contributed by atoms with Crippen LogP contribution in [0.1, 0.15) is 12.5 Å². The summed E-state index contributed by atoms with van der Waals surface area (Å²) in [6.07, 6.45) is 1.50. The van der Waals surface area contributed by atoms with Gasteiger partial charge in [-0.3, -0.25) is 4.79 Å². The first-order valence-corrected chi connectivity index (χ1v) is 6.68. The van der Waals surface area contributed by atoms with Crippen LogP contribution in [-0.4, -0.2) is 16.9 Å². The Bertz CT molecular complexity index is 581. The molecule has 2 N–H and O–H groups in total. The molecule has 104 valence electrons. The van der Waals surface area contributed by atoms with Crippen molar-refractivity contribution in [2.75, 3.05) is 10.6 Å². The molecule has 2 aromatic rings. The van der Waals surface area contributed by atoms with E-state index in [1.54, 1.807) is 19.1 Å². The molecule has 0 bridgehead atoms. The number of amides is 1. The Morgan fingerprint density at radius 2 is 1.90 bits per heavy atom. The predicted molar refractivity (Wildman–Crippen MR) is 82.1 cm³/mol. The SMILES string of the molecule is Cc1ccc(NC(C)C(=O)Nc2ccc(Cl)cn2)cc1. The van der Waals surface area contributed by atoms with Gasteiger partial charge in [-0.05, 0) is 38.1 Å². The van der Waals surface area contributed by atoms with Crippen molar-refractivity contribution < 1.29 is 4.79 Å². The molecule has 1 atom stereocenters. The summed E-state index contributed by atoms with van der Waals surface area (Å²) in [6, 6.07) is 10.9. The van der Waals surface area contributed by atoms with Crippen molar-refractivity contribution in [2.24, 2.45) is 0 Å². The lowest BCUT2D eigenvalue weighted by Gasteiger charge is -2.15. The van der Waals surface area contributed by atoms with Gasteiger partial charge in [-0.15, -0.1) is 0 Å². The van der Waals surface area contributed by atoms with Crippen molar-refractivity contribution in [3.05, 3.63) is 53.2 Å². The molecule has 0 radical (unpaired) electrons. The highest BCUT2D eigenvalue weighted by Gasteiger charge is 2.13. The van der Waals surface area contributed by atoms with E-state index in [4.69, 9.17) is 11.6 Å². The highest BCUT2D eigenvalue weighted by Crippen LogP contribution is 2.12. The molecule has 0 spiro atoms. The molecule has 0 aliphatic heterocycles. The summed E-state index contributed by atoms with van der Waals surface area (Å²) in [5, 5.41) is 6.40. The van der Waals surface area contributed by atoms with Crippen LogP contribution in [0, 0.1) is 6.92 Å². The lowest BCUT2D eigenvalue weighted by molar-refractivity contribution is -0.116. The Balaban J connectivity index is 1.94. The number of hydrogen-bond donors (Lipinski definition) is 2. The molecule has 0 aliphatic carbocycles. The van der Waals surface area contributed by atoms with Gasteiger partial charge < -0.3 is 10.6 Å². The van der Waals surface area contributed by atoms with Crippen LogP contribution in [0.3, 0.4) is 0 Å². The second kappa shape index (κ2) is 6.39. The van der Waals surface area contributed by atoms with E-state index in [1.165, 1.54) is 11.8 Å². The molecule has 4 nitrogen and oxygen atoms in total. The number of carbonyl (C=O) groups excluding carboxylic acids is 1. The molecule has 1 heterocycles. The van der Waals surface area contributed by atoms with Crippen LogP contribution >= 0.6 is 11.6 Å². The third kappa shape index (κ3) is 3.96. The fraction of sp³-hybridized carbons (Fsp3) is 0.200. The Kier molecular flexibility index (Phi) is 4.58. The number of hydrogen-bond acceptors (Lipinski definition) is 3. The standard InChI is InChI=1S/C15H16ClN3O/c1-10-3-6-13(7-4-10)18-11(2)15(20)19-14-8-5-12(16)9-17-14/h3-9,11,18H,1-2H3,(H,17,19,20). The van der Waals surface area contributed by atoms with Crippen LogP contribution in [0.4, 0.5) is 11.5 Å². The summed E-state index contributed by atoms with van der Waals surface area (Å²) < 4.78 is 0. The number of anilines is 2. The summed E-state index contributed by atoms with van der Waals surface area (Å²) in [5.74, 6) is 0.331. The second-order valence-corrected chi connectivity index (χ2v) is 5.02. The van der Waals surface area contributed by atoms with Gasteiger partial charge in [-0.25, -0.2) is 4.98 Å². The average Bonchev–Trinajstić information content (AvgIpc) is 2.44. The van der Waals surface area contributed by atoms with E-state index >= 15 is 0 Å². The van der Waals surface area contributed by atoms with E-state index in [2.05, 4.69) is 15.6 Å². The quantitative estimate of drug-likeness (QED) is 0.906. The van der Waals surface area contributed by atoms with Gasteiger partial charge >= 0.3 is 0 Å². The van der Waals surface area contributed by atoms with Crippen LogP contribution in [0.5, 0.6) is 0 Å². The van der Waals surface area contributed by atoms with Crippen LogP contribution in [0.15, 0.2) is 42.6 Å². The highest BCUT2D eigenvalue weighted by molar-refractivity contribution is 6.30. The number of aryl methyl sites for hydroxylation is 1. The molecule has 1 amide bonds. The highest BCUT2D eigenvalue weighted by atomic mass is 35.5. The maximum Gasteiger partial charge on any atom is 0.247 e. The average molecular weight is 290 g/mol. The number of benzene rings is 1. The lowest BCUT2D eigenvalue weighted by Crippen LogP contribution is -2.32. The molecule has 1 aromatic carbocycles. The summed E-state index contributed by atoms with van der Waals surface area (Å²) >= 11 is 5.74. The fourth-order valence-corrected chi connectivity index (χ4v) is 1.76. The molecule has 0 saturated carbocycles. The maximum atomic E-state index is 12.0. The molecular weight excluding hydrogens is 274 g/mol. The number of rotatable bonds is 4. The van der Waals surface area contributed by atoms with Crippen LogP contribution < -0.4 is 10.6 Å². The third-order valence-electron chi connectivity index (χ3n) is 2.81. The second-order valence-electron chi connectivity index (χ2n) is 4.58. The van der Waals surface area contributed by atoms with E-state index in [0.29, 0.717) is 10.8 Å². The van der Waals surface area contributed by atoms with Crippen LogP contribution in [0.25, 0.3) is 0 Å². The minimum Gasteiger partial charge on any atom is -0.374 e. The number of aromatic nitrogens is 1. The van der Waals surface area contributed by atoms with Crippen molar-refractivity contribution in [1.82, 2.24) is 4.98 Å². The number of halogens is 1. The van der Waals surface area contributed by atoms with E-state index in [-0.39, 0.29) is 11.9 Å². The minimum absolute atomic E-state index is 0.152. The maximum absolute atomic E-state index is 12.0. The van der Waals surface area contributed by atoms with Crippen molar-refractivity contribution in [1.29, 1.82) is 0 Å². The Hall–Kier alpha value is -2.07. The zero-order chi connectivity index (χ0) is 14.5. The topological polar surface area (TPSA) is 54.0 Å². The Morgan fingerprint density at radius 1 is 1.20 bits per heavy atom. The van der Waals surface area contributed by atoms with Gasteiger partial charge in [0.25, 0.3) is 0 Å². The van der Waals surface area contributed by atoms with Crippen LogP contribution in [-0.2, 0) is 4.79 Å². The van der Waals surface area contributed by atoms with Crippen LogP contribution in [0.2, 0.25) is 5.02 Å². The van der Waals surface area contributed by atoms with Gasteiger partial charge in [0.05, 0.1) is 5.02 Å². The first kappa shape index (κ1) is 14.3. The summed E-state index contributed by atoms with van der Waals surface area (Å²) in [7, 11) is 0. The molecule has 0 fully saturated rings. The van der Waals surface area contributed by atoms with E-state index in [9.17, 15) is 4.79 Å². The van der Waals surface area contributed by atoms with E-state index in [1.807, 2.05) is 31.2 Å². The fourth-order valence-electron chi connectivity index (χ4n) is 1.65. The monoisotopic (exact) mass is 289 g/mol. The lowest BCUT2D eigenvalue weighted by atomic mass is 10.2. The van der Waals surface area contributed by atoms with Crippen molar-refractivity contribution in [3.8, 4) is 0 Å². The summed E-state index contributed by atoms with van der Waals surface area (Å²) in [4.78, 5) is 16.0. The Labute approximate surface area is 123 Å². The van der Waals surface area contributed by atoms with Gasteiger partial charge in [0.2, 0.25) is 5.91 Å². The van der Waals surface area contributed by atoms with Crippen molar-refractivity contribution >= 4 is 29.0 Å². The number of nitrogens with zero attached hydrogens (tertiary/aromatic N) is 1. The minimum atomic E-state index is -0.366. The first-order valence-electron chi connectivity index (χ1n) is 6.30. The van der Waals surface area contributed by atoms with Crippen molar-refractivity contribution in [2.45, 2.75) is 19.9 Å². The van der Waals surface area contributed by atoms with Gasteiger partial charge in [0.1, 0.15) is 11.9 Å². The molecule has 5 heteroatoms. The van der Waals surface area contributed by atoms with E-state index < -0.39 is 0 Å². The zero-order valence-electron chi connectivity index (χ0n) is 11.4. The van der Waals surface area contributed by atoms with Crippen molar-refractivity contribution in [3.63, 3.8) is 0 Å². The summed E-state index contributed by atoms with van der Waals surface area (Å²) in [5.41, 5.74) is 2.08. The predicted octanol–water partition coefficient (Wildman–Crippen LogP) is 3.48.